The van der Waals surface area contributed by atoms with Crippen molar-refractivity contribution < 1.29 is 27.8 Å². The van der Waals surface area contributed by atoms with Gasteiger partial charge in [0.25, 0.3) is 0 Å². The molecule has 3 aromatic rings. The first-order valence-electron chi connectivity index (χ1n) is 8.44. The van der Waals surface area contributed by atoms with Gasteiger partial charge >= 0.3 is 18.6 Å². The van der Waals surface area contributed by atoms with Crippen molar-refractivity contribution in [2.24, 2.45) is 0 Å². The summed E-state index contributed by atoms with van der Waals surface area (Å²) in [5, 5.41) is 2.49. The Morgan fingerprint density at radius 1 is 1.11 bits per heavy atom. The molecule has 0 bridgehead atoms. The minimum absolute atomic E-state index is 0.0508. The van der Waals surface area contributed by atoms with Gasteiger partial charge in [-0.3, -0.25) is 9.88 Å². The van der Waals surface area contributed by atoms with Gasteiger partial charge in [0.1, 0.15) is 6.61 Å². The number of halogens is 2. The van der Waals surface area contributed by atoms with Gasteiger partial charge in [-0.25, -0.2) is 14.6 Å². The highest BCUT2D eigenvalue weighted by molar-refractivity contribution is 5.91. The molecule has 0 aliphatic carbocycles. The van der Waals surface area contributed by atoms with Crippen molar-refractivity contribution in [3.8, 4) is 0 Å². The van der Waals surface area contributed by atoms with Crippen LogP contribution in [0.1, 0.15) is 29.7 Å². The van der Waals surface area contributed by atoms with E-state index in [2.05, 4.69) is 10.3 Å². The highest BCUT2D eigenvalue weighted by Crippen LogP contribution is 2.23. The van der Waals surface area contributed by atoms with E-state index in [1.807, 2.05) is 0 Å². The van der Waals surface area contributed by atoms with Crippen LogP contribution in [0.5, 0.6) is 0 Å². The topological polar surface area (TPSA) is 82.4 Å². The number of para-hydroxylation sites is 2. The minimum atomic E-state index is -2.81. The minimum Gasteiger partial charge on any atom is -0.454 e. The molecule has 0 aliphatic heterocycles. The zero-order valence-electron chi connectivity index (χ0n) is 14.9. The van der Waals surface area contributed by atoms with Crippen molar-refractivity contribution in [2.45, 2.75) is 20.1 Å². The molecule has 0 radical (unpaired) electrons. The fourth-order valence-corrected chi connectivity index (χ4v) is 2.60. The molecular formula is C19H17F2N3O4. The lowest BCUT2D eigenvalue weighted by Crippen LogP contribution is -2.13. The number of anilines is 1. The summed E-state index contributed by atoms with van der Waals surface area (Å²) in [7, 11) is 0. The zero-order chi connectivity index (χ0) is 20.1. The number of hydrogen-bond donors (Lipinski definition) is 1. The molecule has 2 aromatic carbocycles. The second-order valence-electron chi connectivity index (χ2n) is 5.66. The lowest BCUT2D eigenvalue weighted by Gasteiger charge is -2.09. The van der Waals surface area contributed by atoms with Crippen LogP contribution in [-0.4, -0.2) is 28.2 Å². The van der Waals surface area contributed by atoms with Crippen LogP contribution in [0.2, 0.25) is 0 Å². The quantitative estimate of drug-likeness (QED) is 0.634. The van der Waals surface area contributed by atoms with Gasteiger partial charge in [0.15, 0.2) is 5.82 Å². The summed E-state index contributed by atoms with van der Waals surface area (Å²) in [6.45, 7) is -1.30. The number of nitrogens with zero attached hydrogens (tertiary/aromatic N) is 2. The van der Waals surface area contributed by atoms with Crippen molar-refractivity contribution >= 4 is 28.8 Å². The molecule has 3 rings (SSSR count). The summed E-state index contributed by atoms with van der Waals surface area (Å²) in [4.78, 5) is 27.7. The molecule has 1 aromatic heterocycles. The second kappa shape index (κ2) is 8.47. The maximum absolute atomic E-state index is 13.4. The number of aromatic nitrogens is 2. The van der Waals surface area contributed by atoms with Gasteiger partial charge in [-0.05, 0) is 43.3 Å². The molecule has 1 heterocycles. The number of ether oxygens (including phenoxy) is 2. The summed E-state index contributed by atoms with van der Waals surface area (Å²) < 4.78 is 37.4. The van der Waals surface area contributed by atoms with Crippen molar-refractivity contribution in [2.75, 3.05) is 11.9 Å². The van der Waals surface area contributed by atoms with E-state index in [1.165, 1.54) is 30.3 Å². The van der Waals surface area contributed by atoms with Crippen molar-refractivity contribution in [3.63, 3.8) is 0 Å². The Hall–Kier alpha value is -3.49. The first-order chi connectivity index (χ1) is 13.5. The van der Waals surface area contributed by atoms with E-state index in [4.69, 9.17) is 9.47 Å². The number of carbonyl (C=O) groups is 2. The van der Waals surface area contributed by atoms with Gasteiger partial charge in [-0.15, -0.1) is 0 Å². The average molecular weight is 389 g/mol. The standard InChI is InChI=1S/C19H17F2N3O4/c1-2-27-19(26)22-13-9-7-12(8-10-13)17(25)28-11-16-23-14-5-3-4-6-15(14)24(16)18(20)21/h3-10,18H,2,11H2,1H3,(H,22,26). The maximum atomic E-state index is 13.4. The smallest absolute Gasteiger partial charge is 0.411 e. The van der Waals surface area contributed by atoms with Crippen LogP contribution in [0.3, 0.4) is 0 Å². The SMILES string of the molecule is CCOC(=O)Nc1ccc(C(=O)OCc2nc3ccccc3n2C(F)F)cc1. The Kier molecular flexibility index (Phi) is 5.83. The third-order valence-corrected chi connectivity index (χ3v) is 3.84. The average Bonchev–Trinajstić information content (AvgIpc) is 3.05. The molecule has 146 valence electrons. The fraction of sp³-hybridized carbons (Fsp3) is 0.211. The van der Waals surface area contributed by atoms with Gasteiger partial charge in [-0.2, -0.15) is 8.78 Å². The van der Waals surface area contributed by atoms with E-state index in [1.54, 1.807) is 25.1 Å². The summed E-state index contributed by atoms with van der Waals surface area (Å²) in [6, 6.07) is 12.3. The number of nitrogens with one attached hydrogen (secondary N) is 1. The van der Waals surface area contributed by atoms with Crippen LogP contribution < -0.4 is 5.32 Å². The van der Waals surface area contributed by atoms with E-state index < -0.39 is 25.2 Å². The van der Waals surface area contributed by atoms with E-state index in [0.29, 0.717) is 11.2 Å². The van der Waals surface area contributed by atoms with Crippen LogP contribution in [0, 0.1) is 0 Å². The van der Waals surface area contributed by atoms with Crippen molar-refractivity contribution in [1.29, 1.82) is 0 Å². The molecule has 0 unspecified atom stereocenters. The monoisotopic (exact) mass is 389 g/mol. The number of fused-ring (bicyclic) bond motifs is 1. The third kappa shape index (κ3) is 4.25. The van der Waals surface area contributed by atoms with Crippen LogP contribution in [0.15, 0.2) is 48.5 Å². The Morgan fingerprint density at radius 2 is 1.82 bits per heavy atom. The highest BCUT2D eigenvalue weighted by Gasteiger charge is 2.19. The fourth-order valence-electron chi connectivity index (χ4n) is 2.60. The van der Waals surface area contributed by atoms with Crippen LogP contribution in [0.25, 0.3) is 11.0 Å². The predicted molar refractivity (Wildman–Crippen MR) is 97.2 cm³/mol. The first kappa shape index (κ1) is 19.3. The van der Waals surface area contributed by atoms with E-state index >= 15 is 0 Å². The van der Waals surface area contributed by atoms with E-state index in [0.717, 1.165) is 4.57 Å². The van der Waals surface area contributed by atoms with E-state index in [9.17, 15) is 18.4 Å². The Morgan fingerprint density at radius 3 is 2.50 bits per heavy atom. The number of esters is 1. The Labute approximate surface area is 158 Å². The molecule has 1 N–H and O–H groups in total. The lowest BCUT2D eigenvalue weighted by molar-refractivity contribution is 0.0387. The number of hydrogen-bond acceptors (Lipinski definition) is 5. The number of alkyl halides is 2. The van der Waals surface area contributed by atoms with Crippen LogP contribution in [0.4, 0.5) is 19.3 Å². The molecule has 9 heteroatoms. The highest BCUT2D eigenvalue weighted by atomic mass is 19.3. The van der Waals surface area contributed by atoms with Crippen LogP contribution >= 0.6 is 0 Å². The number of carbonyl (C=O) groups excluding carboxylic acids is 2. The Bertz CT molecular complexity index is 987. The number of imidazole rings is 1. The number of rotatable bonds is 6. The van der Waals surface area contributed by atoms with Gasteiger partial charge in [0.2, 0.25) is 0 Å². The normalized spacial score (nSPS) is 10.9. The van der Waals surface area contributed by atoms with Gasteiger partial charge in [0, 0.05) is 5.69 Å². The summed E-state index contributed by atoms with van der Waals surface area (Å²) in [5.74, 6) is -0.749. The van der Waals surface area contributed by atoms with Crippen LogP contribution in [-0.2, 0) is 16.1 Å². The van der Waals surface area contributed by atoms with Crippen molar-refractivity contribution in [3.05, 3.63) is 59.9 Å². The Balaban J connectivity index is 1.68. The lowest BCUT2D eigenvalue weighted by atomic mass is 10.2. The van der Waals surface area contributed by atoms with E-state index in [-0.39, 0.29) is 23.5 Å². The van der Waals surface area contributed by atoms with Gasteiger partial charge < -0.3 is 9.47 Å². The molecule has 7 nitrogen and oxygen atoms in total. The first-order valence-corrected chi connectivity index (χ1v) is 8.44. The summed E-state index contributed by atoms with van der Waals surface area (Å²) in [6.07, 6.45) is -0.608. The molecule has 1 amide bonds. The second-order valence-corrected chi connectivity index (χ2v) is 5.66. The summed E-state index contributed by atoms with van der Waals surface area (Å²) in [5.41, 5.74) is 1.30. The zero-order valence-corrected chi connectivity index (χ0v) is 14.9. The molecule has 28 heavy (non-hydrogen) atoms. The molecule has 0 saturated carbocycles. The molecule has 0 atom stereocenters. The summed E-state index contributed by atoms with van der Waals surface area (Å²) >= 11 is 0. The molecule has 0 spiro atoms. The van der Waals surface area contributed by atoms with Gasteiger partial charge in [0.05, 0.1) is 23.2 Å². The largest absolute Gasteiger partial charge is 0.454 e. The molecule has 0 saturated heterocycles. The number of benzene rings is 2. The predicted octanol–water partition coefficient (Wildman–Crippen LogP) is 4.36. The molecule has 0 aliphatic rings. The number of amides is 1. The third-order valence-electron chi connectivity index (χ3n) is 3.84. The van der Waals surface area contributed by atoms with Crippen molar-refractivity contribution in [1.82, 2.24) is 9.55 Å². The maximum Gasteiger partial charge on any atom is 0.411 e. The molecule has 0 fully saturated rings. The molecular weight excluding hydrogens is 372 g/mol. The van der Waals surface area contributed by atoms with Gasteiger partial charge in [-0.1, -0.05) is 12.1 Å².